The van der Waals surface area contributed by atoms with E-state index in [-0.39, 0.29) is 6.10 Å². The summed E-state index contributed by atoms with van der Waals surface area (Å²) >= 11 is 1.73. The fourth-order valence-electron chi connectivity index (χ4n) is 4.21. The van der Waals surface area contributed by atoms with Gasteiger partial charge in [0.15, 0.2) is 0 Å². The standard InChI is InChI=1S/C31H32O3S/c1-3-5-6-8-14-25(34-30(32)4-2)22-33-31-28-17-12-11-13-23(28)20-24-18-19-27(21-29(24)31)35-26-15-9-7-10-16-26/h4,7,9-13,15-21,25H,2-3,5-6,8,14,22H2,1H3. The number of ether oxygens (including phenoxy) is 2. The topological polar surface area (TPSA) is 35.5 Å². The van der Waals surface area contributed by atoms with Gasteiger partial charge in [-0.1, -0.05) is 93.1 Å². The van der Waals surface area contributed by atoms with Gasteiger partial charge in [-0.15, -0.1) is 0 Å². The first-order valence-corrected chi connectivity index (χ1v) is 13.1. The van der Waals surface area contributed by atoms with Gasteiger partial charge >= 0.3 is 5.97 Å². The molecule has 1 unspecified atom stereocenters. The lowest BCUT2D eigenvalue weighted by Crippen LogP contribution is -2.24. The maximum atomic E-state index is 12.0. The van der Waals surface area contributed by atoms with E-state index in [9.17, 15) is 4.79 Å². The lowest BCUT2D eigenvalue weighted by Gasteiger charge is -2.20. The Hall–Kier alpha value is -3.24. The van der Waals surface area contributed by atoms with E-state index in [1.165, 1.54) is 23.8 Å². The molecule has 0 saturated heterocycles. The zero-order valence-corrected chi connectivity index (χ0v) is 21.1. The predicted molar refractivity (Wildman–Crippen MR) is 146 cm³/mol. The second kappa shape index (κ2) is 12.5. The van der Waals surface area contributed by atoms with Crippen LogP contribution in [0, 0.1) is 0 Å². The van der Waals surface area contributed by atoms with Crippen LogP contribution in [0.5, 0.6) is 5.75 Å². The molecule has 3 nitrogen and oxygen atoms in total. The smallest absolute Gasteiger partial charge is 0.330 e. The van der Waals surface area contributed by atoms with Crippen molar-refractivity contribution >= 4 is 39.3 Å². The highest BCUT2D eigenvalue weighted by Gasteiger charge is 2.17. The Morgan fingerprint density at radius 2 is 1.66 bits per heavy atom. The number of esters is 1. The molecule has 0 aliphatic rings. The maximum absolute atomic E-state index is 12.0. The van der Waals surface area contributed by atoms with Crippen LogP contribution in [0.1, 0.15) is 39.0 Å². The SMILES string of the molecule is C=CC(=O)OC(CCCCCC)COc1c2ccccc2cc2ccc(Sc3ccccc3)cc12. The summed E-state index contributed by atoms with van der Waals surface area (Å²) in [4.78, 5) is 14.3. The number of rotatable bonds is 12. The Morgan fingerprint density at radius 3 is 2.46 bits per heavy atom. The van der Waals surface area contributed by atoms with Crippen LogP contribution in [-0.2, 0) is 9.53 Å². The summed E-state index contributed by atoms with van der Waals surface area (Å²) in [6.45, 7) is 6.05. The summed E-state index contributed by atoms with van der Waals surface area (Å²) in [6.07, 6.45) is 6.15. The van der Waals surface area contributed by atoms with E-state index < -0.39 is 5.97 Å². The fourth-order valence-corrected chi connectivity index (χ4v) is 5.09. The first-order valence-electron chi connectivity index (χ1n) is 12.3. The maximum Gasteiger partial charge on any atom is 0.330 e. The van der Waals surface area contributed by atoms with Crippen LogP contribution in [0.15, 0.2) is 101 Å². The van der Waals surface area contributed by atoms with E-state index in [0.29, 0.717) is 6.61 Å². The highest BCUT2D eigenvalue weighted by molar-refractivity contribution is 7.99. The summed E-state index contributed by atoms with van der Waals surface area (Å²) in [5, 5.41) is 4.37. The van der Waals surface area contributed by atoms with E-state index in [1.807, 2.05) is 18.2 Å². The van der Waals surface area contributed by atoms with Gasteiger partial charge in [0, 0.05) is 26.6 Å². The summed E-state index contributed by atoms with van der Waals surface area (Å²) in [7, 11) is 0. The van der Waals surface area contributed by atoms with E-state index in [0.717, 1.165) is 51.5 Å². The summed E-state index contributed by atoms with van der Waals surface area (Å²) in [6, 6.07) is 27.3. The van der Waals surface area contributed by atoms with Crippen molar-refractivity contribution in [2.75, 3.05) is 6.61 Å². The molecule has 0 aromatic heterocycles. The van der Waals surface area contributed by atoms with Crippen LogP contribution in [0.4, 0.5) is 0 Å². The minimum absolute atomic E-state index is 0.310. The van der Waals surface area contributed by atoms with Crippen molar-refractivity contribution in [3.8, 4) is 5.75 Å². The second-order valence-electron chi connectivity index (χ2n) is 8.65. The number of hydrogen-bond donors (Lipinski definition) is 0. The predicted octanol–water partition coefficient (Wildman–Crippen LogP) is 8.59. The molecule has 0 aliphatic carbocycles. The lowest BCUT2D eigenvalue weighted by atomic mass is 10.0. The Balaban J connectivity index is 1.65. The first-order chi connectivity index (χ1) is 17.2. The highest BCUT2D eigenvalue weighted by Crippen LogP contribution is 2.38. The summed E-state index contributed by atoms with van der Waals surface area (Å²) in [5.74, 6) is 0.431. The monoisotopic (exact) mass is 484 g/mol. The number of unbranched alkanes of at least 4 members (excludes halogenated alkanes) is 3. The van der Waals surface area contributed by atoms with E-state index in [4.69, 9.17) is 9.47 Å². The first kappa shape index (κ1) is 24.9. The molecule has 0 radical (unpaired) electrons. The van der Waals surface area contributed by atoms with E-state index in [2.05, 4.69) is 74.2 Å². The third-order valence-corrected chi connectivity index (χ3v) is 7.00. The van der Waals surface area contributed by atoms with Gasteiger partial charge in [-0.05, 0) is 53.9 Å². The quantitative estimate of drug-likeness (QED) is 0.0873. The van der Waals surface area contributed by atoms with Crippen molar-refractivity contribution in [3.05, 3.63) is 91.5 Å². The fraction of sp³-hybridized carbons (Fsp3) is 0.258. The molecule has 4 rings (SSSR count). The third-order valence-electron chi connectivity index (χ3n) is 6.01. The summed E-state index contributed by atoms with van der Waals surface area (Å²) in [5.41, 5.74) is 0. The molecule has 0 amide bonds. The van der Waals surface area contributed by atoms with Gasteiger partial charge in [0.2, 0.25) is 0 Å². The van der Waals surface area contributed by atoms with E-state index in [1.54, 1.807) is 11.8 Å². The average Bonchev–Trinajstić information content (AvgIpc) is 2.89. The van der Waals surface area contributed by atoms with Gasteiger partial charge < -0.3 is 9.47 Å². The molecule has 0 spiro atoms. The molecule has 4 heteroatoms. The molecule has 180 valence electrons. The van der Waals surface area contributed by atoms with Crippen molar-refractivity contribution in [2.24, 2.45) is 0 Å². The molecule has 35 heavy (non-hydrogen) atoms. The zero-order valence-electron chi connectivity index (χ0n) is 20.2. The Bertz CT molecular complexity index is 1280. The molecule has 0 bridgehead atoms. The number of fused-ring (bicyclic) bond motifs is 2. The highest BCUT2D eigenvalue weighted by atomic mass is 32.2. The number of benzene rings is 4. The third kappa shape index (κ3) is 6.67. The van der Waals surface area contributed by atoms with Crippen LogP contribution in [0.2, 0.25) is 0 Å². The second-order valence-corrected chi connectivity index (χ2v) is 9.80. The number of carbonyl (C=O) groups is 1. The molecule has 0 saturated carbocycles. The number of hydrogen-bond acceptors (Lipinski definition) is 4. The average molecular weight is 485 g/mol. The minimum atomic E-state index is -0.404. The van der Waals surface area contributed by atoms with Crippen LogP contribution in [0.25, 0.3) is 21.5 Å². The Morgan fingerprint density at radius 1 is 0.886 bits per heavy atom. The van der Waals surface area contributed by atoms with Crippen molar-refractivity contribution in [3.63, 3.8) is 0 Å². The van der Waals surface area contributed by atoms with Crippen LogP contribution in [0.3, 0.4) is 0 Å². The van der Waals surface area contributed by atoms with Crippen LogP contribution in [-0.4, -0.2) is 18.7 Å². The van der Waals surface area contributed by atoms with Crippen molar-refractivity contribution in [1.29, 1.82) is 0 Å². The molecule has 0 N–H and O–H groups in total. The molecular formula is C31H32O3S. The van der Waals surface area contributed by atoms with Crippen molar-refractivity contribution in [1.82, 2.24) is 0 Å². The molecule has 0 heterocycles. The van der Waals surface area contributed by atoms with Crippen molar-refractivity contribution in [2.45, 2.75) is 54.9 Å². The molecule has 4 aromatic carbocycles. The van der Waals surface area contributed by atoms with E-state index >= 15 is 0 Å². The lowest BCUT2D eigenvalue weighted by molar-refractivity contribution is -0.144. The molecule has 4 aromatic rings. The van der Waals surface area contributed by atoms with Crippen LogP contribution >= 0.6 is 11.8 Å². The Kier molecular flexibility index (Phi) is 8.85. The molecule has 0 fully saturated rings. The molecule has 0 aliphatic heterocycles. The van der Waals surface area contributed by atoms with Gasteiger partial charge in [0.05, 0.1) is 0 Å². The largest absolute Gasteiger partial charge is 0.488 e. The molecule has 1 atom stereocenters. The van der Waals surface area contributed by atoms with Crippen molar-refractivity contribution < 1.29 is 14.3 Å². The van der Waals surface area contributed by atoms with Gasteiger partial charge in [-0.2, -0.15) is 0 Å². The summed E-state index contributed by atoms with van der Waals surface area (Å²) < 4.78 is 12.1. The minimum Gasteiger partial charge on any atom is -0.488 e. The van der Waals surface area contributed by atoms with Crippen LogP contribution < -0.4 is 4.74 Å². The zero-order chi connectivity index (χ0) is 24.5. The van der Waals surface area contributed by atoms with Gasteiger partial charge in [0.25, 0.3) is 0 Å². The normalized spacial score (nSPS) is 11.9. The Labute approximate surface area is 212 Å². The van der Waals surface area contributed by atoms with Gasteiger partial charge in [-0.3, -0.25) is 0 Å². The number of carbonyl (C=O) groups excluding carboxylic acids is 1. The van der Waals surface area contributed by atoms with Gasteiger partial charge in [-0.25, -0.2) is 4.79 Å². The molecular weight excluding hydrogens is 452 g/mol. The van der Waals surface area contributed by atoms with Gasteiger partial charge in [0.1, 0.15) is 18.5 Å².